The zero-order chi connectivity index (χ0) is 27.7. The molecule has 4 fully saturated rings. The summed E-state index contributed by atoms with van der Waals surface area (Å²) < 4.78 is 31.0. The molecular formula is C30H34FN5O4. The molecule has 210 valence electrons. The molecule has 2 saturated heterocycles. The van der Waals surface area contributed by atoms with Gasteiger partial charge in [-0.15, -0.1) is 0 Å². The number of carbonyl (C=O) groups is 1. The Morgan fingerprint density at radius 1 is 1.15 bits per heavy atom. The van der Waals surface area contributed by atoms with Crippen LogP contribution in [0.1, 0.15) is 75.9 Å². The van der Waals surface area contributed by atoms with Crippen molar-refractivity contribution in [3.8, 4) is 17.1 Å². The van der Waals surface area contributed by atoms with Crippen LogP contribution < -0.4 is 9.64 Å². The lowest BCUT2D eigenvalue weighted by Gasteiger charge is -2.52. The molecule has 4 aliphatic rings. The molecule has 2 aliphatic carbocycles. The second kappa shape index (κ2) is 10.7. The van der Waals surface area contributed by atoms with Gasteiger partial charge < -0.3 is 18.9 Å². The number of aromatic nitrogens is 4. The third-order valence-electron chi connectivity index (χ3n) is 8.34. The molecule has 1 amide bonds. The molecule has 40 heavy (non-hydrogen) atoms. The van der Waals surface area contributed by atoms with Gasteiger partial charge in [0.15, 0.2) is 5.82 Å². The lowest BCUT2D eigenvalue weighted by atomic mass is 9.65. The van der Waals surface area contributed by atoms with Crippen molar-refractivity contribution < 1.29 is 23.2 Å². The molecule has 0 radical (unpaired) electrons. The van der Waals surface area contributed by atoms with Crippen LogP contribution in [0.25, 0.3) is 11.1 Å². The first-order valence-electron chi connectivity index (χ1n) is 14.1. The number of allylic oxidation sites excluding steroid dienone is 1. The predicted molar refractivity (Wildman–Crippen MR) is 145 cm³/mol. The normalized spacial score (nSPS) is 23.6. The van der Waals surface area contributed by atoms with Crippen molar-refractivity contribution in [2.24, 2.45) is 5.41 Å². The fraction of sp³-hybridized carbons (Fsp3) is 0.500. The fourth-order valence-electron chi connectivity index (χ4n) is 5.73. The molecule has 2 aliphatic heterocycles. The standard InChI is InChI=1S/C30H34FN5O4/c1-3-38-28-32-16-23(17-33-28)22-5-4-6-24(15-22)36(25(37)10-7-20(2)31)18-29-11-13-30(14-12-29,39-19-29)27-34-26(35-40-27)21-8-9-21/h4-6,15-17,21H,2-3,7-14,18-19H2,1H3. The number of nitrogens with zero attached hydrogens (tertiary/aromatic N) is 5. The number of amides is 1. The number of halogens is 1. The zero-order valence-electron chi connectivity index (χ0n) is 22.8. The molecule has 2 aromatic heterocycles. The van der Waals surface area contributed by atoms with Crippen LogP contribution in [0.3, 0.4) is 0 Å². The van der Waals surface area contributed by atoms with Crippen LogP contribution in [0.15, 0.2) is 53.6 Å². The van der Waals surface area contributed by atoms with Gasteiger partial charge in [-0.2, -0.15) is 4.98 Å². The van der Waals surface area contributed by atoms with Crippen LogP contribution in [-0.2, 0) is 15.1 Å². The van der Waals surface area contributed by atoms with Crippen molar-refractivity contribution >= 4 is 11.6 Å². The highest BCUT2D eigenvalue weighted by Crippen LogP contribution is 2.54. The van der Waals surface area contributed by atoms with Crippen LogP contribution in [0.4, 0.5) is 10.1 Å². The molecule has 1 aromatic carbocycles. The maximum Gasteiger partial charge on any atom is 0.316 e. The quantitative estimate of drug-likeness (QED) is 0.293. The van der Waals surface area contributed by atoms with E-state index >= 15 is 0 Å². The van der Waals surface area contributed by atoms with Gasteiger partial charge >= 0.3 is 6.01 Å². The summed E-state index contributed by atoms with van der Waals surface area (Å²) >= 11 is 0. The van der Waals surface area contributed by atoms with Gasteiger partial charge in [0, 0.05) is 54.4 Å². The number of carbonyl (C=O) groups excluding carboxylic acids is 1. The first kappa shape index (κ1) is 26.6. The minimum Gasteiger partial charge on any atom is -0.464 e. The Morgan fingerprint density at radius 2 is 1.93 bits per heavy atom. The summed E-state index contributed by atoms with van der Waals surface area (Å²) in [6, 6.07) is 8.04. The van der Waals surface area contributed by atoms with Crippen LogP contribution in [-0.4, -0.2) is 45.8 Å². The Kier molecular flexibility index (Phi) is 7.12. The van der Waals surface area contributed by atoms with Gasteiger partial charge in [-0.3, -0.25) is 4.79 Å². The minimum absolute atomic E-state index is 0.00510. The van der Waals surface area contributed by atoms with Gasteiger partial charge in [-0.25, -0.2) is 14.4 Å². The summed E-state index contributed by atoms with van der Waals surface area (Å²) in [6.07, 6.45) is 8.91. The Morgan fingerprint density at radius 3 is 2.58 bits per heavy atom. The van der Waals surface area contributed by atoms with E-state index < -0.39 is 11.4 Å². The second-order valence-corrected chi connectivity index (χ2v) is 11.2. The molecule has 10 heteroatoms. The number of hydrogen-bond acceptors (Lipinski definition) is 8. The van der Waals surface area contributed by atoms with Crippen LogP contribution in [0.2, 0.25) is 0 Å². The van der Waals surface area contributed by atoms with E-state index in [1.807, 2.05) is 31.2 Å². The average Bonchev–Trinajstić information content (AvgIpc) is 3.71. The van der Waals surface area contributed by atoms with Crippen molar-refractivity contribution in [3.05, 3.63) is 60.8 Å². The van der Waals surface area contributed by atoms with Gasteiger partial charge in [0.1, 0.15) is 5.60 Å². The molecule has 2 saturated carbocycles. The molecule has 4 heterocycles. The predicted octanol–water partition coefficient (Wildman–Crippen LogP) is 5.89. The first-order chi connectivity index (χ1) is 19.4. The maximum atomic E-state index is 13.5. The number of anilines is 1. The van der Waals surface area contributed by atoms with E-state index in [1.54, 1.807) is 17.3 Å². The summed E-state index contributed by atoms with van der Waals surface area (Å²) in [5.41, 5.74) is 1.65. The number of ether oxygens (including phenoxy) is 2. The molecule has 3 aromatic rings. The van der Waals surface area contributed by atoms with Gasteiger partial charge in [-0.1, -0.05) is 23.9 Å². The second-order valence-electron chi connectivity index (χ2n) is 11.2. The third-order valence-corrected chi connectivity index (χ3v) is 8.34. The van der Waals surface area contributed by atoms with Crippen molar-refractivity contribution in [1.82, 2.24) is 20.1 Å². The van der Waals surface area contributed by atoms with E-state index in [0.29, 0.717) is 37.6 Å². The zero-order valence-corrected chi connectivity index (χ0v) is 22.8. The van der Waals surface area contributed by atoms with E-state index in [4.69, 9.17) is 14.0 Å². The molecule has 7 rings (SSSR count). The monoisotopic (exact) mass is 547 g/mol. The summed E-state index contributed by atoms with van der Waals surface area (Å²) in [5, 5.41) is 4.20. The average molecular weight is 548 g/mol. The smallest absolute Gasteiger partial charge is 0.316 e. The number of hydrogen-bond donors (Lipinski definition) is 0. The van der Waals surface area contributed by atoms with Gasteiger partial charge in [0.2, 0.25) is 5.91 Å². The van der Waals surface area contributed by atoms with E-state index in [0.717, 1.165) is 61.2 Å². The Balaban J connectivity index is 1.22. The molecule has 0 unspecified atom stereocenters. The molecule has 0 atom stereocenters. The van der Waals surface area contributed by atoms with Crippen LogP contribution in [0.5, 0.6) is 6.01 Å². The van der Waals surface area contributed by atoms with Gasteiger partial charge in [0.05, 0.1) is 19.0 Å². The van der Waals surface area contributed by atoms with Crippen molar-refractivity contribution in [1.29, 1.82) is 0 Å². The molecule has 9 nitrogen and oxygen atoms in total. The summed E-state index contributed by atoms with van der Waals surface area (Å²) in [6.45, 7) is 6.66. The van der Waals surface area contributed by atoms with Crippen molar-refractivity contribution in [3.63, 3.8) is 0 Å². The number of benzene rings is 1. The van der Waals surface area contributed by atoms with Crippen molar-refractivity contribution in [2.75, 3.05) is 24.7 Å². The lowest BCUT2D eigenvalue weighted by molar-refractivity contribution is -0.198. The summed E-state index contributed by atoms with van der Waals surface area (Å²) in [4.78, 5) is 28.5. The Hall–Kier alpha value is -3.66. The molecular weight excluding hydrogens is 513 g/mol. The van der Waals surface area contributed by atoms with E-state index in [2.05, 4.69) is 26.7 Å². The molecule has 0 spiro atoms. The highest BCUT2D eigenvalue weighted by Gasteiger charge is 2.54. The number of rotatable bonds is 11. The van der Waals surface area contributed by atoms with E-state index in [9.17, 15) is 9.18 Å². The highest BCUT2D eigenvalue weighted by atomic mass is 19.1. The first-order valence-corrected chi connectivity index (χ1v) is 14.1. The molecule has 2 bridgehead atoms. The summed E-state index contributed by atoms with van der Waals surface area (Å²) in [5.74, 6) is 1.15. The fourth-order valence-corrected chi connectivity index (χ4v) is 5.73. The van der Waals surface area contributed by atoms with Crippen LogP contribution in [0, 0.1) is 5.41 Å². The minimum atomic E-state index is -0.545. The van der Waals surface area contributed by atoms with Gasteiger partial charge in [-0.05, 0) is 63.1 Å². The molecule has 0 N–H and O–H groups in total. The van der Waals surface area contributed by atoms with E-state index in [-0.39, 0.29) is 24.2 Å². The topological polar surface area (TPSA) is 103 Å². The third kappa shape index (κ3) is 5.37. The highest BCUT2D eigenvalue weighted by molar-refractivity contribution is 5.94. The van der Waals surface area contributed by atoms with Crippen LogP contribution >= 0.6 is 0 Å². The van der Waals surface area contributed by atoms with Crippen molar-refractivity contribution in [2.45, 2.75) is 69.8 Å². The maximum absolute atomic E-state index is 13.5. The Labute approximate surface area is 232 Å². The SMILES string of the molecule is C=C(F)CCC(=O)N(CC12CCC(c3nc(C4CC4)no3)(CC1)OC2)c1cccc(-c2cnc(OCC)nc2)c1. The van der Waals surface area contributed by atoms with E-state index in [1.165, 1.54) is 0 Å². The lowest BCUT2D eigenvalue weighted by Crippen LogP contribution is -2.54. The largest absolute Gasteiger partial charge is 0.464 e. The Bertz CT molecular complexity index is 1360. The summed E-state index contributed by atoms with van der Waals surface area (Å²) in [7, 11) is 0. The number of fused-ring (bicyclic) bond motifs is 3. The van der Waals surface area contributed by atoms with Gasteiger partial charge in [0.25, 0.3) is 5.89 Å².